The number of carbonyl (C=O) groups excluding carboxylic acids is 1. The number of carbonyl (C=O) groups is 1. The number of anilines is 1. The van der Waals surface area contributed by atoms with Crippen molar-refractivity contribution in [2.75, 3.05) is 12.4 Å². The highest BCUT2D eigenvalue weighted by Gasteiger charge is 2.19. The molecule has 2 aromatic rings. The molecule has 7 heteroatoms. The number of rotatable bonds is 9. The number of hydrogen-bond donors (Lipinski definition) is 2. The molecule has 0 aromatic heterocycles. The van der Waals surface area contributed by atoms with Crippen molar-refractivity contribution >= 4 is 17.3 Å². The number of hydrogen-bond acceptors (Lipinski definition) is 5. The molecule has 29 heavy (non-hydrogen) atoms. The zero-order chi connectivity index (χ0) is 21.6. The molecule has 0 bridgehead atoms. The number of non-ortho nitro benzene ring substituents is 1. The molecule has 2 atom stereocenters. The SMILES string of the molecule is COc1cc([N+](=O)[O-])ccc1NC(=O)[C@@H](C)N[C@H](C)c1ccc(CC(C)C)cc1. The minimum Gasteiger partial charge on any atom is -0.494 e. The number of benzene rings is 2. The molecule has 0 spiro atoms. The minimum absolute atomic E-state index is 0.0115. The minimum atomic E-state index is -0.508. The summed E-state index contributed by atoms with van der Waals surface area (Å²) in [4.78, 5) is 23.0. The predicted octanol–water partition coefficient (Wildman–Crippen LogP) is 4.48. The summed E-state index contributed by atoms with van der Waals surface area (Å²) in [5.41, 5.74) is 2.69. The Hall–Kier alpha value is -2.93. The number of methoxy groups -OCH3 is 1. The summed E-state index contributed by atoms with van der Waals surface area (Å²) in [6.45, 7) is 8.17. The van der Waals surface area contributed by atoms with Gasteiger partial charge in [0.05, 0.1) is 29.8 Å². The van der Waals surface area contributed by atoms with Crippen LogP contribution in [0.15, 0.2) is 42.5 Å². The van der Waals surface area contributed by atoms with Crippen LogP contribution in [0.1, 0.15) is 44.9 Å². The van der Waals surface area contributed by atoms with Crippen molar-refractivity contribution in [1.82, 2.24) is 5.32 Å². The Balaban J connectivity index is 2.00. The average Bonchev–Trinajstić information content (AvgIpc) is 2.67. The number of amides is 1. The van der Waals surface area contributed by atoms with Gasteiger partial charge in [0.2, 0.25) is 5.91 Å². The maximum Gasteiger partial charge on any atom is 0.273 e. The normalized spacial score (nSPS) is 13.0. The zero-order valence-corrected chi connectivity index (χ0v) is 17.6. The van der Waals surface area contributed by atoms with Gasteiger partial charge in [-0.3, -0.25) is 20.2 Å². The highest BCUT2D eigenvalue weighted by atomic mass is 16.6. The number of nitro benzene ring substituents is 1. The molecule has 0 radical (unpaired) electrons. The molecule has 0 unspecified atom stereocenters. The lowest BCUT2D eigenvalue weighted by atomic mass is 9.99. The summed E-state index contributed by atoms with van der Waals surface area (Å²) in [6.07, 6.45) is 1.04. The van der Waals surface area contributed by atoms with E-state index < -0.39 is 11.0 Å². The number of ether oxygens (including phenoxy) is 1. The average molecular weight is 399 g/mol. The van der Waals surface area contributed by atoms with Crippen LogP contribution >= 0.6 is 0 Å². The van der Waals surface area contributed by atoms with E-state index in [1.807, 2.05) is 6.92 Å². The molecule has 0 aliphatic rings. The van der Waals surface area contributed by atoms with Crippen LogP contribution < -0.4 is 15.4 Å². The van der Waals surface area contributed by atoms with Gasteiger partial charge in [0, 0.05) is 12.1 Å². The lowest BCUT2D eigenvalue weighted by Crippen LogP contribution is -2.39. The molecule has 7 nitrogen and oxygen atoms in total. The first kappa shape index (κ1) is 22.4. The lowest BCUT2D eigenvalue weighted by molar-refractivity contribution is -0.384. The Morgan fingerprint density at radius 3 is 2.31 bits per heavy atom. The molecule has 0 aliphatic carbocycles. The van der Waals surface area contributed by atoms with Crippen LogP contribution in [-0.2, 0) is 11.2 Å². The first-order valence-corrected chi connectivity index (χ1v) is 9.69. The first-order chi connectivity index (χ1) is 13.7. The van der Waals surface area contributed by atoms with E-state index in [4.69, 9.17) is 4.74 Å². The molecule has 0 saturated heterocycles. The van der Waals surface area contributed by atoms with Gasteiger partial charge in [-0.15, -0.1) is 0 Å². The van der Waals surface area contributed by atoms with Crippen LogP contribution in [0.25, 0.3) is 0 Å². The number of nitro groups is 1. The van der Waals surface area contributed by atoms with Gasteiger partial charge in [-0.1, -0.05) is 38.1 Å². The maximum absolute atomic E-state index is 12.6. The van der Waals surface area contributed by atoms with Crippen molar-refractivity contribution in [3.05, 3.63) is 63.7 Å². The third-order valence-corrected chi connectivity index (χ3v) is 4.67. The highest BCUT2D eigenvalue weighted by molar-refractivity contribution is 5.96. The van der Waals surface area contributed by atoms with E-state index in [1.54, 1.807) is 6.92 Å². The summed E-state index contributed by atoms with van der Waals surface area (Å²) in [5.74, 6) is 0.602. The van der Waals surface area contributed by atoms with Gasteiger partial charge >= 0.3 is 0 Å². The van der Waals surface area contributed by atoms with Crippen molar-refractivity contribution in [3.8, 4) is 5.75 Å². The smallest absolute Gasteiger partial charge is 0.273 e. The molecular formula is C22H29N3O4. The Morgan fingerprint density at radius 1 is 1.10 bits per heavy atom. The van der Waals surface area contributed by atoms with Gasteiger partial charge in [0.1, 0.15) is 5.75 Å². The first-order valence-electron chi connectivity index (χ1n) is 9.69. The quantitative estimate of drug-likeness (QED) is 0.479. The number of nitrogens with one attached hydrogen (secondary N) is 2. The van der Waals surface area contributed by atoms with Crippen LogP contribution in [0.5, 0.6) is 5.75 Å². The van der Waals surface area contributed by atoms with Gasteiger partial charge in [0.15, 0.2) is 0 Å². The molecule has 1 amide bonds. The molecule has 0 saturated carbocycles. The Bertz CT molecular complexity index is 850. The zero-order valence-electron chi connectivity index (χ0n) is 17.6. The van der Waals surface area contributed by atoms with Gasteiger partial charge in [0.25, 0.3) is 5.69 Å². The maximum atomic E-state index is 12.6. The molecule has 0 heterocycles. The fraction of sp³-hybridized carbons (Fsp3) is 0.409. The molecular weight excluding hydrogens is 370 g/mol. The summed E-state index contributed by atoms with van der Waals surface area (Å²) in [5, 5.41) is 16.9. The fourth-order valence-corrected chi connectivity index (χ4v) is 3.10. The lowest BCUT2D eigenvalue weighted by Gasteiger charge is -2.21. The van der Waals surface area contributed by atoms with E-state index in [0.29, 0.717) is 11.6 Å². The standard InChI is InChI=1S/C22H29N3O4/c1-14(2)12-17-6-8-18(9-7-17)15(3)23-16(4)22(26)24-20-11-10-19(25(27)28)13-21(20)29-5/h6-11,13-16,23H,12H2,1-5H3,(H,24,26)/t15-,16-/m1/s1. The van der Waals surface area contributed by atoms with E-state index in [9.17, 15) is 14.9 Å². The van der Waals surface area contributed by atoms with E-state index >= 15 is 0 Å². The van der Waals surface area contributed by atoms with E-state index in [-0.39, 0.29) is 23.4 Å². The van der Waals surface area contributed by atoms with Crippen molar-refractivity contribution in [3.63, 3.8) is 0 Å². The van der Waals surface area contributed by atoms with Crippen molar-refractivity contribution in [2.24, 2.45) is 5.92 Å². The van der Waals surface area contributed by atoms with Crippen LogP contribution in [0.2, 0.25) is 0 Å². The molecule has 0 aliphatic heterocycles. The monoisotopic (exact) mass is 399 g/mol. The largest absolute Gasteiger partial charge is 0.494 e. The van der Waals surface area contributed by atoms with Crippen molar-refractivity contribution in [2.45, 2.75) is 46.2 Å². The Morgan fingerprint density at radius 2 is 1.76 bits per heavy atom. The fourth-order valence-electron chi connectivity index (χ4n) is 3.10. The molecule has 2 rings (SSSR count). The summed E-state index contributed by atoms with van der Waals surface area (Å²) in [6, 6.07) is 12.0. The van der Waals surface area contributed by atoms with Crippen LogP contribution in [0, 0.1) is 16.0 Å². The van der Waals surface area contributed by atoms with Crippen molar-refractivity contribution in [1.29, 1.82) is 0 Å². The van der Waals surface area contributed by atoms with E-state index in [1.165, 1.54) is 30.9 Å². The number of nitrogens with zero attached hydrogens (tertiary/aromatic N) is 1. The van der Waals surface area contributed by atoms with Crippen LogP contribution in [-0.4, -0.2) is 24.0 Å². The Labute approximate surface area is 171 Å². The highest BCUT2D eigenvalue weighted by Crippen LogP contribution is 2.29. The van der Waals surface area contributed by atoms with Gasteiger partial charge in [-0.25, -0.2) is 0 Å². The second kappa shape index (κ2) is 10.0. The third-order valence-electron chi connectivity index (χ3n) is 4.67. The second-order valence-electron chi connectivity index (χ2n) is 7.58. The molecule has 156 valence electrons. The summed E-state index contributed by atoms with van der Waals surface area (Å²) >= 11 is 0. The van der Waals surface area contributed by atoms with E-state index in [2.05, 4.69) is 48.7 Å². The summed E-state index contributed by atoms with van der Waals surface area (Å²) < 4.78 is 5.17. The summed E-state index contributed by atoms with van der Waals surface area (Å²) in [7, 11) is 1.40. The third kappa shape index (κ3) is 6.29. The molecule has 2 N–H and O–H groups in total. The second-order valence-corrected chi connectivity index (χ2v) is 7.58. The van der Waals surface area contributed by atoms with Gasteiger partial charge in [-0.2, -0.15) is 0 Å². The predicted molar refractivity (Wildman–Crippen MR) is 114 cm³/mol. The van der Waals surface area contributed by atoms with Crippen LogP contribution in [0.3, 0.4) is 0 Å². The molecule has 2 aromatic carbocycles. The Kier molecular flexibility index (Phi) is 7.73. The van der Waals surface area contributed by atoms with Gasteiger partial charge < -0.3 is 10.1 Å². The molecule has 0 fully saturated rings. The van der Waals surface area contributed by atoms with Gasteiger partial charge in [-0.05, 0) is 43.4 Å². The van der Waals surface area contributed by atoms with Crippen LogP contribution in [0.4, 0.5) is 11.4 Å². The topological polar surface area (TPSA) is 93.5 Å². The van der Waals surface area contributed by atoms with Crippen molar-refractivity contribution < 1.29 is 14.5 Å². The van der Waals surface area contributed by atoms with E-state index in [0.717, 1.165) is 12.0 Å².